The van der Waals surface area contributed by atoms with E-state index in [1.54, 1.807) is 4.57 Å². The fourth-order valence-electron chi connectivity index (χ4n) is 3.23. The summed E-state index contributed by atoms with van der Waals surface area (Å²) in [6.07, 6.45) is 2.75. The Kier molecular flexibility index (Phi) is 6.15. The predicted molar refractivity (Wildman–Crippen MR) is 105 cm³/mol. The summed E-state index contributed by atoms with van der Waals surface area (Å²) in [6, 6.07) is 3.99. The van der Waals surface area contributed by atoms with Crippen LogP contribution >= 0.6 is 12.2 Å². The number of hydrogen-bond acceptors (Lipinski definition) is 5. The standard InChI is InChI=1S/C19H26N4O3S/c1-4-6-17-21-22-19(27)23(17)11-18(24)20-10-14-9-16-13(7-12(3)26-16)8-15(14)25-5-2/h8-9,12H,4-7,10-11H2,1-3H3,(H,20,24)(H,22,27). The lowest BCUT2D eigenvalue weighted by Gasteiger charge is -2.14. The molecule has 0 saturated carbocycles. The van der Waals surface area contributed by atoms with Crippen LogP contribution < -0.4 is 14.8 Å². The van der Waals surface area contributed by atoms with Crippen molar-refractivity contribution in [2.45, 2.75) is 59.2 Å². The third-order valence-corrected chi connectivity index (χ3v) is 4.78. The van der Waals surface area contributed by atoms with Crippen LogP contribution in [0.15, 0.2) is 12.1 Å². The number of amides is 1. The Morgan fingerprint density at radius 1 is 1.48 bits per heavy atom. The fourth-order valence-corrected chi connectivity index (χ4v) is 3.45. The minimum absolute atomic E-state index is 0.123. The quantitative estimate of drug-likeness (QED) is 0.678. The van der Waals surface area contributed by atoms with Crippen molar-refractivity contribution in [2.24, 2.45) is 0 Å². The third kappa shape index (κ3) is 4.50. The Balaban J connectivity index is 1.69. The molecule has 3 rings (SSSR count). The number of nitrogens with one attached hydrogen (secondary N) is 2. The van der Waals surface area contributed by atoms with Crippen molar-refractivity contribution >= 4 is 18.1 Å². The van der Waals surface area contributed by atoms with E-state index in [4.69, 9.17) is 21.7 Å². The molecule has 0 fully saturated rings. The zero-order valence-corrected chi connectivity index (χ0v) is 16.8. The van der Waals surface area contributed by atoms with E-state index in [2.05, 4.69) is 22.4 Å². The van der Waals surface area contributed by atoms with Gasteiger partial charge in [0.25, 0.3) is 0 Å². The molecule has 0 aliphatic carbocycles. The van der Waals surface area contributed by atoms with Crippen LogP contribution in [0.3, 0.4) is 0 Å². The molecule has 0 spiro atoms. The first-order valence-electron chi connectivity index (χ1n) is 9.37. The van der Waals surface area contributed by atoms with Crippen molar-refractivity contribution in [3.8, 4) is 11.5 Å². The summed E-state index contributed by atoms with van der Waals surface area (Å²) in [5, 5.41) is 9.90. The summed E-state index contributed by atoms with van der Waals surface area (Å²) in [5.74, 6) is 2.34. The number of ether oxygens (including phenoxy) is 2. The van der Waals surface area contributed by atoms with E-state index in [9.17, 15) is 4.79 Å². The van der Waals surface area contributed by atoms with Gasteiger partial charge in [0.05, 0.1) is 6.61 Å². The summed E-state index contributed by atoms with van der Waals surface area (Å²) in [6.45, 7) is 7.14. The molecule has 0 saturated heterocycles. The molecular formula is C19H26N4O3S. The normalized spacial score (nSPS) is 15.3. The molecule has 1 aromatic heterocycles. The van der Waals surface area contributed by atoms with Gasteiger partial charge in [-0.05, 0) is 44.6 Å². The smallest absolute Gasteiger partial charge is 0.240 e. The summed E-state index contributed by atoms with van der Waals surface area (Å²) in [4.78, 5) is 12.5. The molecule has 8 heteroatoms. The lowest BCUT2D eigenvalue weighted by Crippen LogP contribution is -2.28. The molecule has 2 N–H and O–H groups in total. The van der Waals surface area contributed by atoms with E-state index in [1.807, 2.05) is 26.0 Å². The van der Waals surface area contributed by atoms with Gasteiger partial charge in [-0.2, -0.15) is 5.10 Å². The monoisotopic (exact) mass is 390 g/mol. The molecule has 0 radical (unpaired) electrons. The van der Waals surface area contributed by atoms with E-state index in [0.717, 1.165) is 47.7 Å². The van der Waals surface area contributed by atoms with Gasteiger partial charge in [-0.1, -0.05) is 6.92 Å². The second-order valence-electron chi connectivity index (χ2n) is 6.69. The first-order valence-corrected chi connectivity index (χ1v) is 9.78. The topological polar surface area (TPSA) is 81.2 Å². The molecule has 0 bridgehead atoms. The van der Waals surface area contributed by atoms with Crippen molar-refractivity contribution in [1.29, 1.82) is 0 Å². The van der Waals surface area contributed by atoms with Crippen LogP contribution in [0.25, 0.3) is 0 Å². The van der Waals surface area contributed by atoms with Crippen molar-refractivity contribution in [3.63, 3.8) is 0 Å². The second-order valence-corrected chi connectivity index (χ2v) is 7.08. The van der Waals surface area contributed by atoms with E-state index in [0.29, 0.717) is 17.9 Å². The number of H-pyrrole nitrogens is 1. The summed E-state index contributed by atoms with van der Waals surface area (Å²) in [7, 11) is 0. The first kappa shape index (κ1) is 19.4. The number of aryl methyl sites for hydroxylation is 1. The van der Waals surface area contributed by atoms with Crippen LogP contribution in [0.2, 0.25) is 0 Å². The zero-order valence-electron chi connectivity index (χ0n) is 16.0. The summed E-state index contributed by atoms with van der Waals surface area (Å²) < 4.78 is 13.8. The van der Waals surface area contributed by atoms with Gasteiger partial charge in [0, 0.05) is 30.5 Å². The number of aromatic amines is 1. The number of fused-ring (bicyclic) bond motifs is 1. The van der Waals surface area contributed by atoms with Crippen LogP contribution in [0, 0.1) is 4.77 Å². The zero-order chi connectivity index (χ0) is 19.4. The molecule has 1 amide bonds. The van der Waals surface area contributed by atoms with Crippen molar-refractivity contribution in [2.75, 3.05) is 6.61 Å². The number of nitrogens with zero attached hydrogens (tertiary/aromatic N) is 2. The summed E-state index contributed by atoms with van der Waals surface area (Å²) >= 11 is 5.23. The number of rotatable bonds is 8. The number of benzene rings is 1. The highest BCUT2D eigenvalue weighted by atomic mass is 32.1. The van der Waals surface area contributed by atoms with Crippen LogP contribution in [0.5, 0.6) is 11.5 Å². The Morgan fingerprint density at radius 3 is 3.04 bits per heavy atom. The molecule has 1 atom stereocenters. The average Bonchev–Trinajstić information content (AvgIpc) is 3.16. The van der Waals surface area contributed by atoms with Crippen molar-refractivity contribution in [3.05, 3.63) is 33.9 Å². The number of carbonyl (C=O) groups is 1. The minimum atomic E-state index is -0.123. The summed E-state index contributed by atoms with van der Waals surface area (Å²) in [5.41, 5.74) is 2.05. The number of carbonyl (C=O) groups excluding carboxylic acids is 1. The molecule has 2 heterocycles. The van der Waals surface area contributed by atoms with E-state index >= 15 is 0 Å². The van der Waals surface area contributed by atoms with Gasteiger partial charge in [0.1, 0.15) is 30.0 Å². The highest BCUT2D eigenvalue weighted by molar-refractivity contribution is 7.71. The van der Waals surface area contributed by atoms with Gasteiger partial charge in [0.2, 0.25) is 5.91 Å². The Bertz CT molecular complexity index is 874. The van der Waals surface area contributed by atoms with Gasteiger partial charge in [-0.15, -0.1) is 0 Å². The lowest BCUT2D eigenvalue weighted by molar-refractivity contribution is -0.121. The van der Waals surface area contributed by atoms with Crippen LogP contribution in [0.4, 0.5) is 0 Å². The molecule has 1 aliphatic heterocycles. The maximum absolute atomic E-state index is 12.5. The maximum Gasteiger partial charge on any atom is 0.240 e. The molecule has 1 aromatic carbocycles. The van der Waals surface area contributed by atoms with Crippen LogP contribution in [-0.2, 0) is 30.7 Å². The Labute approximate surface area is 164 Å². The number of hydrogen-bond donors (Lipinski definition) is 2. The molecule has 1 aliphatic rings. The van der Waals surface area contributed by atoms with Gasteiger partial charge in [0.15, 0.2) is 4.77 Å². The maximum atomic E-state index is 12.5. The molecule has 7 nitrogen and oxygen atoms in total. The second kappa shape index (κ2) is 8.56. The van der Waals surface area contributed by atoms with Crippen LogP contribution in [0.1, 0.15) is 44.1 Å². The van der Waals surface area contributed by atoms with E-state index in [1.165, 1.54) is 0 Å². The highest BCUT2D eigenvalue weighted by Gasteiger charge is 2.22. The third-order valence-electron chi connectivity index (χ3n) is 4.47. The predicted octanol–water partition coefficient (Wildman–Crippen LogP) is 2.93. The highest BCUT2D eigenvalue weighted by Crippen LogP contribution is 2.35. The van der Waals surface area contributed by atoms with Gasteiger partial charge < -0.3 is 14.8 Å². The molecule has 146 valence electrons. The van der Waals surface area contributed by atoms with Gasteiger partial charge >= 0.3 is 0 Å². The Morgan fingerprint density at radius 2 is 2.30 bits per heavy atom. The lowest BCUT2D eigenvalue weighted by atomic mass is 10.1. The molecule has 2 aromatic rings. The van der Waals surface area contributed by atoms with Crippen molar-refractivity contribution < 1.29 is 14.3 Å². The largest absolute Gasteiger partial charge is 0.494 e. The van der Waals surface area contributed by atoms with Gasteiger partial charge in [-0.25, -0.2) is 0 Å². The minimum Gasteiger partial charge on any atom is -0.494 e. The molecule has 27 heavy (non-hydrogen) atoms. The van der Waals surface area contributed by atoms with Crippen molar-refractivity contribution in [1.82, 2.24) is 20.1 Å². The van der Waals surface area contributed by atoms with Crippen LogP contribution in [-0.4, -0.2) is 33.4 Å². The van der Waals surface area contributed by atoms with E-state index < -0.39 is 0 Å². The molecular weight excluding hydrogens is 364 g/mol. The molecule has 1 unspecified atom stereocenters. The number of aromatic nitrogens is 3. The van der Waals surface area contributed by atoms with Gasteiger partial charge in [-0.3, -0.25) is 14.5 Å². The first-order chi connectivity index (χ1) is 13.0. The van der Waals surface area contributed by atoms with E-state index in [-0.39, 0.29) is 18.6 Å². The SMILES string of the molecule is CCCc1n[nH]c(=S)n1CC(=O)NCc1cc2c(cc1OCC)CC(C)O2. The fraction of sp³-hybridized carbons (Fsp3) is 0.526. The average molecular weight is 391 g/mol. The Hall–Kier alpha value is -2.35.